The molecule has 134 valence electrons. The van der Waals surface area contributed by atoms with Gasteiger partial charge in [0.05, 0.1) is 6.54 Å². The topological polar surface area (TPSA) is 55.5 Å². The minimum Gasteiger partial charge on any atom is -0.346 e. The van der Waals surface area contributed by atoms with Gasteiger partial charge in [0.15, 0.2) is 0 Å². The average molecular weight is 333 g/mol. The first kappa shape index (κ1) is 17.4. The molecule has 2 saturated heterocycles. The molecule has 1 atom stereocenters. The van der Waals surface area contributed by atoms with Gasteiger partial charge in [-0.2, -0.15) is 0 Å². The first-order valence-corrected chi connectivity index (χ1v) is 9.28. The summed E-state index contributed by atoms with van der Waals surface area (Å²) in [6.07, 6.45) is 4.06. The summed E-state index contributed by atoms with van der Waals surface area (Å²) < 4.78 is 0. The Morgan fingerprint density at radius 2 is 2.04 bits per heavy atom. The highest BCUT2D eigenvalue weighted by molar-refractivity contribution is 5.78. The Hall–Kier alpha value is -1.40. The second kappa shape index (κ2) is 7.66. The summed E-state index contributed by atoms with van der Waals surface area (Å²) in [7, 11) is 0. The number of likely N-dealkylation sites (tertiary alicyclic amines) is 1. The van der Waals surface area contributed by atoms with Crippen molar-refractivity contribution in [2.45, 2.75) is 45.6 Å². The van der Waals surface area contributed by atoms with Crippen molar-refractivity contribution in [1.82, 2.24) is 24.7 Å². The molecular formula is C18H31N5O. The Kier molecular flexibility index (Phi) is 5.56. The summed E-state index contributed by atoms with van der Waals surface area (Å²) in [5, 5.41) is 0. The van der Waals surface area contributed by atoms with E-state index < -0.39 is 0 Å². The van der Waals surface area contributed by atoms with Crippen LogP contribution in [0.4, 0.5) is 0 Å². The number of amides is 1. The van der Waals surface area contributed by atoms with E-state index in [9.17, 15) is 4.79 Å². The number of H-pyrrole nitrogens is 1. The van der Waals surface area contributed by atoms with Crippen molar-refractivity contribution in [3.05, 3.63) is 17.7 Å². The van der Waals surface area contributed by atoms with Gasteiger partial charge >= 0.3 is 0 Å². The molecule has 3 rings (SSSR count). The molecule has 0 saturated carbocycles. The smallest absolute Gasteiger partial charge is 0.236 e. The van der Waals surface area contributed by atoms with E-state index in [-0.39, 0.29) is 5.91 Å². The first-order valence-electron chi connectivity index (χ1n) is 9.28. The molecule has 6 nitrogen and oxygen atoms in total. The summed E-state index contributed by atoms with van der Waals surface area (Å²) in [5.74, 6) is 1.67. The zero-order valence-electron chi connectivity index (χ0n) is 15.3. The molecule has 0 aliphatic carbocycles. The predicted octanol–water partition coefficient (Wildman–Crippen LogP) is 1.45. The fourth-order valence-corrected chi connectivity index (χ4v) is 3.80. The number of imidazole rings is 1. The normalized spacial score (nSPS) is 23.8. The number of piperazine rings is 1. The Bertz CT molecular complexity index is 547. The van der Waals surface area contributed by atoms with E-state index in [0.29, 0.717) is 18.5 Å². The van der Waals surface area contributed by atoms with Crippen LogP contribution in [-0.4, -0.2) is 82.4 Å². The van der Waals surface area contributed by atoms with Crippen LogP contribution in [0.15, 0.2) is 6.20 Å². The van der Waals surface area contributed by atoms with Crippen LogP contribution in [0.5, 0.6) is 0 Å². The molecule has 6 heteroatoms. The summed E-state index contributed by atoms with van der Waals surface area (Å²) in [6.45, 7) is 12.9. The van der Waals surface area contributed by atoms with E-state index in [4.69, 9.17) is 0 Å². The van der Waals surface area contributed by atoms with E-state index in [1.54, 1.807) is 0 Å². The van der Waals surface area contributed by atoms with Crippen molar-refractivity contribution in [3.8, 4) is 0 Å². The number of nitrogens with zero attached hydrogens (tertiary/aromatic N) is 4. The Morgan fingerprint density at radius 3 is 2.67 bits per heavy atom. The number of piperidine rings is 1. The summed E-state index contributed by atoms with van der Waals surface area (Å²) >= 11 is 0. The highest BCUT2D eigenvalue weighted by atomic mass is 16.2. The van der Waals surface area contributed by atoms with Crippen LogP contribution in [0.1, 0.15) is 44.1 Å². The number of aromatic amines is 1. The van der Waals surface area contributed by atoms with Crippen molar-refractivity contribution in [1.29, 1.82) is 0 Å². The van der Waals surface area contributed by atoms with Crippen molar-refractivity contribution in [3.63, 3.8) is 0 Å². The maximum atomic E-state index is 12.7. The lowest BCUT2D eigenvalue weighted by Crippen LogP contribution is -2.52. The molecule has 0 spiro atoms. The van der Waals surface area contributed by atoms with Gasteiger partial charge in [0.25, 0.3) is 0 Å². The fourth-order valence-electron chi connectivity index (χ4n) is 3.80. The van der Waals surface area contributed by atoms with Crippen LogP contribution in [0.3, 0.4) is 0 Å². The zero-order valence-corrected chi connectivity index (χ0v) is 15.3. The lowest BCUT2D eigenvalue weighted by Gasteiger charge is -2.38. The van der Waals surface area contributed by atoms with Gasteiger partial charge < -0.3 is 9.88 Å². The van der Waals surface area contributed by atoms with Crippen molar-refractivity contribution < 1.29 is 4.79 Å². The van der Waals surface area contributed by atoms with Crippen LogP contribution in [0.2, 0.25) is 0 Å². The van der Waals surface area contributed by atoms with Crippen LogP contribution >= 0.6 is 0 Å². The number of hydrogen-bond acceptors (Lipinski definition) is 4. The number of carbonyl (C=O) groups excluding carboxylic acids is 1. The zero-order chi connectivity index (χ0) is 17.1. The average Bonchev–Trinajstić information content (AvgIpc) is 3.02. The largest absolute Gasteiger partial charge is 0.346 e. The minimum atomic E-state index is 0.279. The van der Waals surface area contributed by atoms with E-state index in [1.807, 2.05) is 18.0 Å². The molecule has 0 aromatic carbocycles. The lowest BCUT2D eigenvalue weighted by atomic mass is 9.97. The van der Waals surface area contributed by atoms with Crippen molar-refractivity contribution in [2.75, 3.05) is 45.8 Å². The number of aryl methyl sites for hydroxylation is 1. The minimum absolute atomic E-state index is 0.279. The third kappa shape index (κ3) is 4.16. The SMILES string of the molecule is Cc1cnc([C@H]2CCCN(C(=O)CN3CCN(C(C)C)CC3)C2)[nH]1. The highest BCUT2D eigenvalue weighted by Crippen LogP contribution is 2.25. The molecule has 1 aromatic rings. The number of carbonyl (C=O) groups is 1. The van der Waals surface area contributed by atoms with Gasteiger partial charge in [0.2, 0.25) is 5.91 Å². The molecular weight excluding hydrogens is 302 g/mol. The molecule has 0 bridgehead atoms. The third-order valence-electron chi connectivity index (χ3n) is 5.38. The van der Waals surface area contributed by atoms with E-state index in [2.05, 4.69) is 33.6 Å². The Morgan fingerprint density at radius 1 is 1.29 bits per heavy atom. The summed E-state index contributed by atoms with van der Waals surface area (Å²) in [6, 6.07) is 0.599. The molecule has 1 N–H and O–H groups in total. The van der Waals surface area contributed by atoms with Gasteiger partial charge in [0, 0.05) is 63.1 Å². The summed E-state index contributed by atoms with van der Waals surface area (Å²) in [4.78, 5) is 27.3. The van der Waals surface area contributed by atoms with E-state index in [1.165, 1.54) is 0 Å². The second-order valence-corrected chi connectivity index (χ2v) is 7.54. The molecule has 2 fully saturated rings. The molecule has 1 aromatic heterocycles. The van der Waals surface area contributed by atoms with Crippen LogP contribution in [0, 0.1) is 6.92 Å². The maximum Gasteiger partial charge on any atom is 0.236 e. The molecule has 1 amide bonds. The highest BCUT2D eigenvalue weighted by Gasteiger charge is 2.28. The molecule has 2 aliphatic rings. The van der Waals surface area contributed by atoms with Crippen LogP contribution < -0.4 is 0 Å². The molecule has 0 unspecified atom stereocenters. The third-order valence-corrected chi connectivity index (χ3v) is 5.38. The predicted molar refractivity (Wildman–Crippen MR) is 95.0 cm³/mol. The van der Waals surface area contributed by atoms with Gasteiger partial charge in [-0.05, 0) is 33.6 Å². The standard InChI is InChI=1S/C18H31N5O/c1-14(2)22-9-7-21(8-10-22)13-17(24)23-6-4-5-16(12-23)18-19-11-15(3)20-18/h11,14,16H,4-10,12-13H2,1-3H3,(H,19,20)/t16-/m0/s1. The van der Waals surface area contributed by atoms with E-state index >= 15 is 0 Å². The summed E-state index contributed by atoms with van der Waals surface area (Å²) in [5.41, 5.74) is 1.09. The van der Waals surface area contributed by atoms with Gasteiger partial charge in [-0.25, -0.2) is 4.98 Å². The monoisotopic (exact) mass is 333 g/mol. The first-order chi connectivity index (χ1) is 11.5. The molecule has 0 radical (unpaired) electrons. The molecule has 2 aliphatic heterocycles. The van der Waals surface area contributed by atoms with Crippen LogP contribution in [0.25, 0.3) is 0 Å². The number of aromatic nitrogens is 2. The quantitative estimate of drug-likeness (QED) is 0.906. The number of hydrogen-bond donors (Lipinski definition) is 1. The Balaban J connectivity index is 1.50. The lowest BCUT2D eigenvalue weighted by molar-refractivity contribution is -0.134. The van der Waals surface area contributed by atoms with Gasteiger partial charge in [-0.1, -0.05) is 0 Å². The Labute approximate surface area is 145 Å². The number of rotatable bonds is 4. The van der Waals surface area contributed by atoms with E-state index in [0.717, 1.165) is 63.6 Å². The molecule has 3 heterocycles. The van der Waals surface area contributed by atoms with Gasteiger partial charge in [-0.3, -0.25) is 14.6 Å². The fraction of sp³-hybridized carbons (Fsp3) is 0.778. The molecule has 24 heavy (non-hydrogen) atoms. The van der Waals surface area contributed by atoms with Crippen molar-refractivity contribution >= 4 is 5.91 Å². The van der Waals surface area contributed by atoms with Gasteiger partial charge in [-0.15, -0.1) is 0 Å². The van der Waals surface area contributed by atoms with Crippen molar-refractivity contribution in [2.24, 2.45) is 0 Å². The second-order valence-electron chi connectivity index (χ2n) is 7.54. The van der Waals surface area contributed by atoms with Gasteiger partial charge in [0.1, 0.15) is 5.82 Å². The maximum absolute atomic E-state index is 12.7. The number of nitrogens with one attached hydrogen (secondary N) is 1. The van der Waals surface area contributed by atoms with Crippen LogP contribution in [-0.2, 0) is 4.79 Å².